The van der Waals surface area contributed by atoms with Crippen LogP contribution in [-0.4, -0.2) is 46.3 Å². The van der Waals surface area contributed by atoms with Crippen LogP contribution < -0.4 is 25.1 Å². The van der Waals surface area contributed by atoms with Gasteiger partial charge in [0.25, 0.3) is 5.56 Å². The summed E-state index contributed by atoms with van der Waals surface area (Å²) < 4.78 is 52.8. The largest absolute Gasteiger partial charge is 0.496 e. The van der Waals surface area contributed by atoms with Gasteiger partial charge in [0, 0.05) is 0 Å². The first kappa shape index (κ1) is 22.8. The van der Waals surface area contributed by atoms with Crippen molar-refractivity contribution in [3.8, 4) is 17.2 Å². The van der Waals surface area contributed by atoms with Crippen LogP contribution in [-0.2, 0) is 4.79 Å². The number of alkyl halides is 3. The summed E-state index contributed by atoms with van der Waals surface area (Å²) in [5.41, 5.74) is 0.138. The Balaban J connectivity index is 1.76. The molecule has 0 atom stereocenters. The molecule has 0 amide bonds. The number of aromatic amines is 1. The van der Waals surface area contributed by atoms with Crippen molar-refractivity contribution in [2.24, 2.45) is 0 Å². The van der Waals surface area contributed by atoms with Gasteiger partial charge in [0.2, 0.25) is 11.9 Å². The molecule has 13 heteroatoms. The molecule has 0 saturated heterocycles. The van der Waals surface area contributed by atoms with Crippen molar-refractivity contribution in [2.45, 2.75) is 13.1 Å². The molecule has 0 bridgehead atoms. The van der Waals surface area contributed by atoms with Crippen LogP contribution in [0.15, 0.2) is 35.1 Å². The lowest BCUT2D eigenvalue weighted by atomic mass is 10.1. The fourth-order valence-electron chi connectivity index (χ4n) is 3.32. The molecule has 10 nitrogen and oxygen atoms in total. The van der Waals surface area contributed by atoms with Gasteiger partial charge in [-0.25, -0.2) is 19.7 Å². The third kappa shape index (κ3) is 4.14. The van der Waals surface area contributed by atoms with Crippen molar-refractivity contribution < 1.29 is 32.2 Å². The Kier molecular flexibility index (Phi) is 5.69. The van der Waals surface area contributed by atoms with Gasteiger partial charge in [-0.3, -0.25) is 15.1 Å². The summed E-state index contributed by atoms with van der Waals surface area (Å²) in [7, 11) is 2.99. The molecule has 0 aliphatic rings. The molecule has 0 aliphatic carbocycles. The Morgan fingerprint density at radius 2 is 1.68 bits per heavy atom. The van der Waals surface area contributed by atoms with E-state index in [1.807, 2.05) is 0 Å². The van der Waals surface area contributed by atoms with Crippen molar-refractivity contribution in [3.63, 3.8) is 0 Å². The molecule has 2 N–H and O–H groups in total. The number of aromatic nitrogens is 4. The molecule has 0 unspecified atom stereocenters. The SMILES string of the molecule is COc1ccc(OC)c2c(C)nc(Nc3nc4cccc(OC(=O)C(F)(F)F)c4c(=O)[nH]3)nc12. The quantitative estimate of drug-likeness (QED) is 0.330. The first-order valence-electron chi connectivity index (χ1n) is 9.60. The van der Waals surface area contributed by atoms with Crippen molar-refractivity contribution in [2.75, 3.05) is 19.5 Å². The highest BCUT2D eigenvalue weighted by atomic mass is 19.4. The van der Waals surface area contributed by atoms with E-state index in [1.165, 1.54) is 26.4 Å². The van der Waals surface area contributed by atoms with Crippen LogP contribution in [0, 0.1) is 6.92 Å². The van der Waals surface area contributed by atoms with Crippen LogP contribution in [0.4, 0.5) is 25.1 Å². The van der Waals surface area contributed by atoms with Crippen molar-refractivity contribution in [1.29, 1.82) is 0 Å². The minimum atomic E-state index is -5.22. The summed E-state index contributed by atoms with van der Waals surface area (Å²) in [6.07, 6.45) is -5.22. The molecule has 0 aliphatic heterocycles. The number of aryl methyl sites for hydroxylation is 1. The van der Waals surface area contributed by atoms with Crippen molar-refractivity contribution >= 4 is 39.7 Å². The molecule has 4 aromatic rings. The molecule has 2 aromatic heterocycles. The highest BCUT2D eigenvalue weighted by molar-refractivity contribution is 5.93. The summed E-state index contributed by atoms with van der Waals surface area (Å²) >= 11 is 0. The molecule has 0 fully saturated rings. The molecule has 2 heterocycles. The van der Waals surface area contributed by atoms with Crippen LogP contribution in [0.5, 0.6) is 17.2 Å². The molecular weight excluding hydrogens is 459 g/mol. The lowest BCUT2D eigenvalue weighted by molar-refractivity contribution is -0.189. The number of carbonyl (C=O) groups is 1. The van der Waals surface area contributed by atoms with E-state index in [1.54, 1.807) is 19.1 Å². The van der Waals surface area contributed by atoms with Crippen LogP contribution in [0.3, 0.4) is 0 Å². The number of H-pyrrole nitrogens is 1. The minimum absolute atomic E-state index is 0.0181. The number of fused-ring (bicyclic) bond motifs is 2. The zero-order valence-corrected chi connectivity index (χ0v) is 17.9. The Morgan fingerprint density at radius 3 is 2.35 bits per heavy atom. The maximum absolute atomic E-state index is 12.6. The molecule has 4 rings (SSSR count). The number of anilines is 2. The van der Waals surface area contributed by atoms with Gasteiger partial charge in [-0.1, -0.05) is 6.07 Å². The van der Waals surface area contributed by atoms with E-state index in [2.05, 4.69) is 30.0 Å². The van der Waals surface area contributed by atoms with Crippen LogP contribution >= 0.6 is 0 Å². The molecule has 34 heavy (non-hydrogen) atoms. The summed E-state index contributed by atoms with van der Waals surface area (Å²) in [4.78, 5) is 39.2. The first-order chi connectivity index (χ1) is 16.1. The second-order valence-electron chi connectivity index (χ2n) is 6.90. The number of methoxy groups -OCH3 is 2. The van der Waals surface area contributed by atoms with E-state index in [-0.39, 0.29) is 22.8 Å². The van der Waals surface area contributed by atoms with Gasteiger partial charge in [-0.05, 0) is 31.2 Å². The van der Waals surface area contributed by atoms with E-state index >= 15 is 0 Å². The third-order valence-electron chi connectivity index (χ3n) is 4.76. The number of nitrogens with zero attached hydrogens (tertiary/aromatic N) is 3. The predicted octanol–water partition coefficient (Wildman–Crippen LogP) is 3.40. The fourth-order valence-corrected chi connectivity index (χ4v) is 3.32. The Labute approximate surface area is 188 Å². The molecule has 0 spiro atoms. The summed E-state index contributed by atoms with van der Waals surface area (Å²) in [6, 6.07) is 7.13. The van der Waals surface area contributed by atoms with Gasteiger partial charge in [-0.15, -0.1) is 0 Å². The van der Waals surface area contributed by atoms with Crippen molar-refractivity contribution in [1.82, 2.24) is 19.9 Å². The van der Waals surface area contributed by atoms with Crippen LogP contribution in [0.1, 0.15) is 5.69 Å². The third-order valence-corrected chi connectivity index (χ3v) is 4.76. The number of carbonyl (C=O) groups excluding carboxylic acids is 1. The maximum atomic E-state index is 12.6. The number of halogens is 3. The molecule has 0 saturated carbocycles. The smallest absolute Gasteiger partial charge is 0.491 e. The minimum Gasteiger partial charge on any atom is -0.496 e. The van der Waals surface area contributed by atoms with E-state index in [4.69, 9.17) is 9.47 Å². The number of ether oxygens (including phenoxy) is 3. The van der Waals surface area contributed by atoms with Gasteiger partial charge in [0.15, 0.2) is 0 Å². The molecule has 0 radical (unpaired) electrons. The van der Waals surface area contributed by atoms with Gasteiger partial charge in [0.05, 0.1) is 30.8 Å². The highest BCUT2D eigenvalue weighted by Crippen LogP contribution is 2.34. The predicted molar refractivity (Wildman–Crippen MR) is 115 cm³/mol. The van der Waals surface area contributed by atoms with E-state index < -0.39 is 23.5 Å². The second-order valence-corrected chi connectivity index (χ2v) is 6.90. The van der Waals surface area contributed by atoms with Gasteiger partial charge in [-0.2, -0.15) is 13.2 Å². The van der Waals surface area contributed by atoms with Gasteiger partial charge < -0.3 is 14.2 Å². The Hall–Kier alpha value is -4.42. The number of hydrogen-bond donors (Lipinski definition) is 2. The average molecular weight is 475 g/mol. The van der Waals surface area contributed by atoms with E-state index in [9.17, 15) is 22.8 Å². The van der Waals surface area contributed by atoms with E-state index in [0.29, 0.717) is 28.1 Å². The summed E-state index contributed by atoms with van der Waals surface area (Å²) in [6.45, 7) is 1.73. The molecular formula is C21H16F3N5O5. The summed E-state index contributed by atoms with van der Waals surface area (Å²) in [5.74, 6) is -2.05. The fraction of sp³-hybridized carbons (Fsp3) is 0.190. The normalized spacial score (nSPS) is 11.5. The topological polar surface area (TPSA) is 128 Å². The Bertz CT molecular complexity index is 1490. The van der Waals surface area contributed by atoms with E-state index in [0.717, 1.165) is 6.07 Å². The standard InChI is InChI=1S/C21H16F3N5O5/c1-9-14-11(32-2)7-8-13(33-3)16(14)27-19(25-9)29-20-26-10-5-4-6-12(15(10)17(30)28-20)34-18(31)21(22,23)24/h4-8H,1-3H3,(H2,25,26,27,28,29,30). The lowest BCUT2D eigenvalue weighted by Crippen LogP contribution is -2.28. The molecule has 176 valence electrons. The molecule has 2 aromatic carbocycles. The monoisotopic (exact) mass is 475 g/mol. The second kappa shape index (κ2) is 8.50. The number of nitrogens with one attached hydrogen (secondary N) is 2. The van der Waals surface area contributed by atoms with Crippen molar-refractivity contribution in [3.05, 3.63) is 46.4 Å². The average Bonchev–Trinajstić information content (AvgIpc) is 2.77. The zero-order valence-electron chi connectivity index (χ0n) is 17.9. The first-order valence-corrected chi connectivity index (χ1v) is 9.60. The summed E-state index contributed by atoms with van der Waals surface area (Å²) in [5, 5.41) is 3.07. The maximum Gasteiger partial charge on any atom is 0.491 e. The highest BCUT2D eigenvalue weighted by Gasteiger charge is 2.41. The Morgan fingerprint density at radius 1 is 0.971 bits per heavy atom. The van der Waals surface area contributed by atoms with Crippen LogP contribution in [0.2, 0.25) is 0 Å². The van der Waals surface area contributed by atoms with Gasteiger partial charge >= 0.3 is 12.1 Å². The zero-order chi connectivity index (χ0) is 24.6. The van der Waals surface area contributed by atoms with Gasteiger partial charge in [0.1, 0.15) is 28.2 Å². The lowest BCUT2D eigenvalue weighted by Gasteiger charge is -2.13. The number of rotatable bonds is 5. The van der Waals surface area contributed by atoms with Crippen LogP contribution in [0.25, 0.3) is 21.8 Å². The number of hydrogen-bond acceptors (Lipinski definition) is 9. The number of benzene rings is 2. The number of esters is 1.